The number of benzene rings is 1. The topological polar surface area (TPSA) is 38.3 Å². The van der Waals surface area contributed by atoms with Gasteiger partial charge in [-0.2, -0.15) is 0 Å². The van der Waals surface area contributed by atoms with Crippen molar-refractivity contribution in [2.24, 2.45) is 5.92 Å². The van der Waals surface area contributed by atoms with Gasteiger partial charge in [0.05, 0.1) is 4.47 Å². The summed E-state index contributed by atoms with van der Waals surface area (Å²) in [6.45, 7) is 2.23. The molecular weight excluding hydrogens is 342 g/mol. The number of carbonyl (C=O) groups excluding carboxylic acids is 1. The molecule has 1 aliphatic carbocycles. The summed E-state index contributed by atoms with van der Waals surface area (Å²) in [7, 11) is 0. The van der Waals surface area contributed by atoms with Crippen LogP contribution < -0.4 is 10.1 Å². The van der Waals surface area contributed by atoms with Crippen LogP contribution in [-0.4, -0.2) is 18.6 Å². The average molecular weight is 361 g/mol. The predicted molar refractivity (Wildman–Crippen MR) is 84.2 cm³/mol. The van der Waals surface area contributed by atoms with Gasteiger partial charge in [-0.25, -0.2) is 0 Å². The van der Waals surface area contributed by atoms with E-state index in [9.17, 15) is 4.79 Å². The number of halogens is 2. The number of nitrogens with one attached hydrogen (secondary N) is 1. The highest BCUT2D eigenvalue weighted by Gasteiger charge is 2.22. The summed E-state index contributed by atoms with van der Waals surface area (Å²) >= 11 is 9.22. The number of amides is 1. The van der Waals surface area contributed by atoms with Gasteiger partial charge in [-0.1, -0.05) is 31.4 Å². The molecule has 0 saturated heterocycles. The number of hydrogen-bond donors (Lipinski definition) is 1. The summed E-state index contributed by atoms with van der Waals surface area (Å²) in [6, 6.07) is 5.53. The molecule has 0 spiro atoms. The van der Waals surface area contributed by atoms with E-state index >= 15 is 0 Å². The Morgan fingerprint density at radius 3 is 2.90 bits per heavy atom. The van der Waals surface area contributed by atoms with Crippen molar-refractivity contribution in [3.8, 4) is 5.75 Å². The van der Waals surface area contributed by atoms with Gasteiger partial charge in [-0.15, -0.1) is 0 Å². The fourth-order valence-electron chi connectivity index (χ4n) is 2.51. The molecule has 0 unspecified atom stereocenters. The van der Waals surface area contributed by atoms with Crippen LogP contribution >= 0.6 is 27.5 Å². The fourth-order valence-corrected chi connectivity index (χ4v) is 3.31. The molecule has 1 fully saturated rings. The smallest absolute Gasteiger partial charge is 0.258 e. The molecule has 1 amide bonds. The molecule has 1 aromatic carbocycles. The average Bonchev–Trinajstić information content (AvgIpc) is 2.40. The van der Waals surface area contributed by atoms with E-state index < -0.39 is 0 Å². The molecule has 5 heteroatoms. The lowest BCUT2D eigenvalue weighted by molar-refractivity contribution is -0.124. The van der Waals surface area contributed by atoms with E-state index in [0.717, 1.165) is 10.9 Å². The first-order valence-corrected chi connectivity index (χ1v) is 8.10. The van der Waals surface area contributed by atoms with Crippen molar-refractivity contribution >= 4 is 33.4 Å². The van der Waals surface area contributed by atoms with E-state index in [1.165, 1.54) is 19.3 Å². The van der Waals surface area contributed by atoms with Crippen molar-refractivity contribution in [3.05, 3.63) is 27.7 Å². The van der Waals surface area contributed by atoms with E-state index in [4.69, 9.17) is 16.3 Å². The highest BCUT2D eigenvalue weighted by molar-refractivity contribution is 9.10. The van der Waals surface area contributed by atoms with Gasteiger partial charge < -0.3 is 10.1 Å². The Morgan fingerprint density at radius 1 is 1.45 bits per heavy atom. The van der Waals surface area contributed by atoms with Gasteiger partial charge in [0.1, 0.15) is 5.75 Å². The zero-order valence-corrected chi connectivity index (χ0v) is 13.8. The van der Waals surface area contributed by atoms with Gasteiger partial charge in [-0.05, 0) is 52.9 Å². The molecule has 2 atom stereocenters. The summed E-state index contributed by atoms with van der Waals surface area (Å²) in [4.78, 5) is 11.9. The summed E-state index contributed by atoms with van der Waals surface area (Å²) in [5.74, 6) is 1.11. The van der Waals surface area contributed by atoms with E-state index in [1.807, 2.05) is 0 Å². The molecule has 0 aliphatic heterocycles. The van der Waals surface area contributed by atoms with Crippen molar-refractivity contribution in [1.29, 1.82) is 0 Å². The van der Waals surface area contributed by atoms with Crippen LogP contribution in [-0.2, 0) is 4.79 Å². The van der Waals surface area contributed by atoms with Gasteiger partial charge in [0, 0.05) is 11.1 Å². The largest absolute Gasteiger partial charge is 0.483 e. The zero-order chi connectivity index (χ0) is 14.5. The summed E-state index contributed by atoms with van der Waals surface area (Å²) in [5.41, 5.74) is 0. The Bertz CT molecular complexity index is 481. The fraction of sp³-hybridized carbons (Fsp3) is 0.533. The number of hydrogen-bond acceptors (Lipinski definition) is 2. The quantitative estimate of drug-likeness (QED) is 0.875. The highest BCUT2D eigenvalue weighted by Crippen LogP contribution is 2.28. The highest BCUT2D eigenvalue weighted by atomic mass is 79.9. The summed E-state index contributed by atoms with van der Waals surface area (Å²) < 4.78 is 6.27. The second-order valence-electron chi connectivity index (χ2n) is 5.30. The maximum atomic E-state index is 11.9. The lowest BCUT2D eigenvalue weighted by Crippen LogP contribution is -2.43. The second kappa shape index (κ2) is 7.32. The monoisotopic (exact) mass is 359 g/mol. The zero-order valence-electron chi connectivity index (χ0n) is 11.5. The van der Waals surface area contributed by atoms with Gasteiger partial charge in [0.25, 0.3) is 5.91 Å². The minimum atomic E-state index is -0.0643. The Hall–Kier alpha value is -0.740. The van der Waals surface area contributed by atoms with Crippen LogP contribution in [0.1, 0.15) is 32.6 Å². The minimum Gasteiger partial charge on any atom is -0.483 e. The molecule has 1 aromatic rings. The van der Waals surface area contributed by atoms with Crippen LogP contribution in [0, 0.1) is 5.92 Å². The van der Waals surface area contributed by atoms with Gasteiger partial charge in [0.2, 0.25) is 0 Å². The third kappa shape index (κ3) is 4.38. The minimum absolute atomic E-state index is 0.0312. The molecule has 0 aromatic heterocycles. The van der Waals surface area contributed by atoms with Crippen LogP contribution in [0.5, 0.6) is 5.75 Å². The first-order chi connectivity index (χ1) is 9.56. The van der Waals surface area contributed by atoms with Crippen molar-refractivity contribution in [3.63, 3.8) is 0 Å². The molecule has 0 radical (unpaired) electrons. The number of rotatable bonds is 4. The maximum absolute atomic E-state index is 11.9. The molecule has 1 N–H and O–H groups in total. The molecular formula is C15H19BrClNO2. The molecule has 0 heterocycles. The molecule has 20 heavy (non-hydrogen) atoms. The Morgan fingerprint density at radius 2 is 2.20 bits per heavy atom. The van der Waals surface area contributed by atoms with Crippen molar-refractivity contribution < 1.29 is 9.53 Å². The Kier molecular flexibility index (Phi) is 5.73. The van der Waals surface area contributed by atoms with E-state index in [0.29, 0.717) is 16.7 Å². The standard InChI is InChI=1S/C15H19BrClNO2/c1-10-4-2-3-5-13(10)18-15(19)9-20-14-7-6-11(17)8-12(14)16/h6-8,10,13H,2-5,9H2,1H3,(H,18,19)/t10-,13+/m0/s1. The SMILES string of the molecule is C[C@H]1CCCC[C@H]1NC(=O)COc1ccc(Cl)cc1Br. The molecule has 2 rings (SSSR count). The third-order valence-electron chi connectivity index (χ3n) is 3.71. The first-order valence-electron chi connectivity index (χ1n) is 6.93. The summed E-state index contributed by atoms with van der Waals surface area (Å²) in [5, 5.41) is 3.69. The van der Waals surface area contributed by atoms with Crippen molar-refractivity contribution in [2.45, 2.75) is 38.6 Å². The van der Waals surface area contributed by atoms with Crippen LogP contribution in [0.4, 0.5) is 0 Å². The normalized spacial score (nSPS) is 22.4. The summed E-state index contributed by atoms with van der Waals surface area (Å²) in [6.07, 6.45) is 4.71. The molecule has 1 aliphatic rings. The van der Waals surface area contributed by atoms with Gasteiger partial charge in [0.15, 0.2) is 6.61 Å². The van der Waals surface area contributed by atoms with Gasteiger partial charge >= 0.3 is 0 Å². The van der Waals surface area contributed by atoms with Crippen molar-refractivity contribution in [1.82, 2.24) is 5.32 Å². The van der Waals surface area contributed by atoms with Crippen LogP contribution in [0.25, 0.3) is 0 Å². The lowest BCUT2D eigenvalue weighted by atomic mass is 9.86. The molecule has 3 nitrogen and oxygen atoms in total. The predicted octanol–water partition coefficient (Wildman–Crippen LogP) is 4.18. The first kappa shape index (κ1) is 15.6. The van der Waals surface area contributed by atoms with E-state index in [1.54, 1.807) is 18.2 Å². The van der Waals surface area contributed by atoms with Crippen molar-refractivity contribution in [2.75, 3.05) is 6.61 Å². The molecule has 0 bridgehead atoms. The Balaban J connectivity index is 1.82. The number of ether oxygens (including phenoxy) is 1. The van der Waals surface area contributed by atoms with E-state index in [2.05, 4.69) is 28.2 Å². The van der Waals surface area contributed by atoms with E-state index in [-0.39, 0.29) is 18.6 Å². The second-order valence-corrected chi connectivity index (χ2v) is 6.59. The van der Waals surface area contributed by atoms with Crippen LogP contribution in [0.2, 0.25) is 5.02 Å². The van der Waals surface area contributed by atoms with Crippen LogP contribution in [0.15, 0.2) is 22.7 Å². The molecule has 110 valence electrons. The molecule has 1 saturated carbocycles. The van der Waals surface area contributed by atoms with Gasteiger partial charge in [-0.3, -0.25) is 4.79 Å². The number of carbonyl (C=O) groups is 1. The third-order valence-corrected chi connectivity index (χ3v) is 4.57. The van der Waals surface area contributed by atoms with Crippen LogP contribution in [0.3, 0.4) is 0 Å². The Labute approximate surface area is 133 Å². The lowest BCUT2D eigenvalue weighted by Gasteiger charge is -2.29. The maximum Gasteiger partial charge on any atom is 0.258 e.